The Hall–Kier alpha value is -2.88. The van der Waals surface area contributed by atoms with E-state index in [1.807, 2.05) is 40.4 Å². The van der Waals surface area contributed by atoms with Crippen molar-refractivity contribution in [3.8, 4) is 5.88 Å². The van der Waals surface area contributed by atoms with Gasteiger partial charge in [0.25, 0.3) is 0 Å². The molecule has 5 rings (SSSR count). The number of azo groups is 1. The third-order valence-electron chi connectivity index (χ3n) is 5.95. The highest BCUT2D eigenvalue weighted by atomic mass is 79.9. The van der Waals surface area contributed by atoms with Gasteiger partial charge in [0.2, 0.25) is 5.88 Å². The van der Waals surface area contributed by atoms with Crippen LogP contribution in [0.2, 0.25) is 0 Å². The van der Waals surface area contributed by atoms with E-state index in [-0.39, 0.29) is 11.9 Å². The van der Waals surface area contributed by atoms with Crippen LogP contribution < -0.4 is 0 Å². The van der Waals surface area contributed by atoms with E-state index < -0.39 is 5.91 Å². The average Bonchev–Trinajstić information content (AvgIpc) is 3.46. The van der Waals surface area contributed by atoms with Crippen LogP contribution in [-0.2, 0) is 6.67 Å². The van der Waals surface area contributed by atoms with E-state index in [1.54, 1.807) is 18.3 Å². The number of fused-ring (bicyclic) bond motifs is 1. The van der Waals surface area contributed by atoms with Crippen molar-refractivity contribution >= 4 is 49.8 Å². The number of nitrogens with zero attached hydrogens (tertiary/aromatic N) is 5. The summed E-state index contributed by atoms with van der Waals surface area (Å²) in [6, 6.07) is 13.6. The fraction of sp³-hybridized carbons (Fsp3) is 0.250. The molecule has 1 N–H and O–H groups in total. The molecule has 0 saturated carbocycles. The van der Waals surface area contributed by atoms with Crippen LogP contribution in [0.5, 0.6) is 5.88 Å². The fourth-order valence-electron chi connectivity index (χ4n) is 4.37. The van der Waals surface area contributed by atoms with Crippen molar-refractivity contribution in [1.29, 1.82) is 0 Å². The van der Waals surface area contributed by atoms with Gasteiger partial charge in [0.15, 0.2) is 5.69 Å². The molecular formula is C24H22BrN5O2S. The summed E-state index contributed by atoms with van der Waals surface area (Å²) < 4.78 is 2.71. The summed E-state index contributed by atoms with van der Waals surface area (Å²) >= 11 is 4.82. The monoisotopic (exact) mass is 523 g/mol. The Bertz CT molecular complexity index is 1300. The largest absolute Gasteiger partial charge is 0.493 e. The first-order valence-corrected chi connectivity index (χ1v) is 12.4. The van der Waals surface area contributed by atoms with Gasteiger partial charge in [0.05, 0.1) is 17.1 Å². The topological polar surface area (TPSA) is 83.1 Å². The van der Waals surface area contributed by atoms with Gasteiger partial charge in [-0.25, -0.2) is 0 Å². The summed E-state index contributed by atoms with van der Waals surface area (Å²) in [7, 11) is 0. The number of piperidine rings is 1. The van der Waals surface area contributed by atoms with Crippen molar-refractivity contribution in [1.82, 2.24) is 14.5 Å². The fourth-order valence-corrected chi connectivity index (χ4v) is 5.34. The first kappa shape index (κ1) is 21.9. The van der Waals surface area contributed by atoms with Crippen molar-refractivity contribution < 1.29 is 9.90 Å². The number of benzene rings is 1. The number of amides is 1. The first-order chi connectivity index (χ1) is 16.1. The molecule has 1 aliphatic heterocycles. The van der Waals surface area contributed by atoms with E-state index in [9.17, 15) is 9.90 Å². The SMILES string of the molecule is O=C(N=Nc1c(O)n(CN2CCCCC2c2cccnc2)c2ccc(Br)cc12)c1cccs1. The Morgan fingerprint density at radius 2 is 2.15 bits per heavy atom. The minimum absolute atomic E-state index is 0.00124. The van der Waals surface area contributed by atoms with Crippen molar-refractivity contribution in [3.05, 3.63) is 75.2 Å². The lowest BCUT2D eigenvalue weighted by Crippen LogP contribution is -2.34. The van der Waals surface area contributed by atoms with Gasteiger partial charge in [-0.15, -0.1) is 21.6 Å². The van der Waals surface area contributed by atoms with Crippen LogP contribution in [-0.4, -0.2) is 32.0 Å². The quantitative estimate of drug-likeness (QED) is 0.296. The molecule has 0 spiro atoms. The second kappa shape index (κ2) is 9.54. The summed E-state index contributed by atoms with van der Waals surface area (Å²) in [6.07, 6.45) is 7.01. The number of aromatic hydroxyl groups is 1. The molecule has 1 aromatic carbocycles. The van der Waals surface area contributed by atoms with Crippen molar-refractivity contribution in [2.45, 2.75) is 32.0 Å². The van der Waals surface area contributed by atoms with Crippen LogP contribution in [0.15, 0.2) is 74.9 Å². The molecule has 1 fully saturated rings. The predicted octanol–water partition coefficient (Wildman–Crippen LogP) is 6.67. The van der Waals surface area contributed by atoms with Crippen molar-refractivity contribution in [3.63, 3.8) is 0 Å². The third-order valence-corrected chi connectivity index (χ3v) is 7.30. The molecule has 1 aliphatic rings. The van der Waals surface area contributed by atoms with Gasteiger partial charge in [0, 0.05) is 34.8 Å². The molecule has 7 nitrogen and oxygen atoms in total. The second-order valence-electron chi connectivity index (χ2n) is 8.00. The lowest BCUT2D eigenvalue weighted by atomic mass is 9.97. The van der Waals surface area contributed by atoms with Gasteiger partial charge in [-0.2, -0.15) is 0 Å². The molecule has 168 valence electrons. The predicted molar refractivity (Wildman–Crippen MR) is 132 cm³/mol. The van der Waals surface area contributed by atoms with E-state index >= 15 is 0 Å². The van der Waals surface area contributed by atoms with Gasteiger partial charge in [-0.05, 0) is 54.1 Å². The van der Waals surface area contributed by atoms with Crippen LogP contribution >= 0.6 is 27.3 Å². The number of hydrogen-bond donors (Lipinski definition) is 1. The Morgan fingerprint density at radius 3 is 2.94 bits per heavy atom. The Balaban J connectivity index is 1.52. The minimum atomic E-state index is -0.423. The van der Waals surface area contributed by atoms with Crippen LogP contribution in [0.1, 0.15) is 40.5 Å². The lowest BCUT2D eigenvalue weighted by molar-refractivity contribution is 0.0999. The summed E-state index contributed by atoms with van der Waals surface area (Å²) in [4.78, 5) is 19.5. The average molecular weight is 524 g/mol. The molecule has 3 aromatic heterocycles. The summed E-state index contributed by atoms with van der Waals surface area (Å²) in [5, 5.41) is 21.8. The van der Waals surface area contributed by atoms with Gasteiger partial charge in [-0.3, -0.25) is 19.2 Å². The van der Waals surface area contributed by atoms with Gasteiger partial charge >= 0.3 is 5.91 Å². The van der Waals surface area contributed by atoms with E-state index in [0.29, 0.717) is 17.2 Å². The van der Waals surface area contributed by atoms with Crippen LogP contribution in [0.3, 0.4) is 0 Å². The molecule has 9 heteroatoms. The molecule has 1 unspecified atom stereocenters. The highest BCUT2D eigenvalue weighted by Gasteiger charge is 2.27. The summed E-state index contributed by atoms with van der Waals surface area (Å²) in [5.74, 6) is -0.422. The molecule has 1 atom stereocenters. The van der Waals surface area contributed by atoms with E-state index in [1.165, 1.54) is 16.9 Å². The smallest absolute Gasteiger partial charge is 0.305 e. The molecule has 1 amide bonds. The van der Waals surface area contributed by atoms with Gasteiger partial charge in [0.1, 0.15) is 0 Å². The number of carbonyl (C=O) groups excluding carboxylic acids is 1. The second-order valence-corrected chi connectivity index (χ2v) is 9.86. The number of rotatable bonds is 5. The van der Waals surface area contributed by atoms with Crippen LogP contribution in [0.4, 0.5) is 5.69 Å². The van der Waals surface area contributed by atoms with Crippen LogP contribution in [0, 0.1) is 0 Å². The standard InChI is InChI=1S/C24H22BrN5O2S/c25-17-8-9-20-18(13-17)22(27-28-23(31)21-7-4-12-33-21)24(32)30(20)15-29-11-2-1-6-19(29)16-5-3-10-26-14-16/h3-5,7-10,12-14,19,32H,1-2,6,11,15H2. The van der Waals surface area contributed by atoms with Gasteiger partial charge < -0.3 is 5.11 Å². The number of pyridine rings is 1. The Labute approximate surface area is 203 Å². The highest BCUT2D eigenvalue weighted by molar-refractivity contribution is 9.10. The van der Waals surface area contributed by atoms with E-state index in [4.69, 9.17) is 0 Å². The van der Waals surface area contributed by atoms with Crippen molar-refractivity contribution in [2.75, 3.05) is 6.54 Å². The molecule has 4 heterocycles. The molecule has 4 aromatic rings. The molecule has 0 bridgehead atoms. The van der Waals surface area contributed by atoms with Crippen molar-refractivity contribution in [2.24, 2.45) is 10.2 Å². The molecular weight excluding hydrogens is 502 g/mol. The zero-order valence-corrected chi connectivity index (χ0v) is 20.2. The zero-order valence-electron chi connectivity index (χ0n) is 17.8. The Kier molecular flexibility index (Phi) is 6.34. The normalized spacial score (nSPS) is 17.2. The molecule has 0 aliphatic carbocycles. The number of hydrogen-bond acceptors (Lipinski definition) is 6. The molecule has 0 radical (unpaired) electrons. The maximum absolute atomic E-state index is 12.4. The third kappa shape index (κ3) is 4.48. The Morgan fingerprint density at radius 1 is 1.24 bits per heavy atom. The first-order valence-electron chi connectivity index (χ1n) is 10.8. The van der Waals surface area contributed by atoms with E-state index in [2.05, 4.69) is 42.1 Å². The summed E-state index contributed by atoms with van der Waals surface area (Å²) in [6.45, 7) is 1.42. The number of thiophene rings is 1. The zero-order chi connectivity index (χ0) is 22.8. The van der Waals surface area contributed by atoms with Gasteiger partial charge in [-0.1, -0.05) is 34.5 Å². The number of halogens is 1. The van der Waals surface area contributed by atoms with Crippen LogP contribution in [0.25, 0.3) is 10.9 Å². The minimum Gasteiger partial charge on any atom is -0.493 e. The number of carbonyl (C=O) groups is 1. The highest BCUT2D eigenvalue weighted by Crippen LogP contribution is 2.41. The summed E-state index contributed by atoms with van der Waals surface area (Å²) in [5.41, 5.74) is 2.31. The molecule has 33 heavy (non-hydrogen) atoms. The maximum atomic E-state index is 12.4. The number of likely N-dealkylation sites (tertiary alicyclic amines) is 1. The lowest BCUT2D eigenvalue weighted by Gasteiger charge is -2.36. The molecule has 1 saturated heterocycles. The van der Waals surface area contributed by atoms with E-state index in [0.717, 1.165) is 41.2 Å². The maximum Gasteiger partial charge on any atom is 0.305 e. The number of aromatic nitrogens is 2.